The van der Waals surface area contributed by atoms with Crippen LogP contribution in [0, 0.1) is 6.92 Å². The third-order valence-electron chi connectivity index (χ3n) is 4.19. The lowest BCUT2D eigenvalue weighted by molar-refractivity contribution is 0.390. The first-order valence-corrected chi connectivity index (χ1v) is 8.67. The van der Waals surface area contributed by atoms with Crippen molar-refractivity contribution in [2.75, 3.05) is 36.4 Å². The Balaban J connectivity index is 1.59. The molecule has 1 aliphatic heterocycles. The van der Waals surface area contributed by atoms with Gasteiger partial charge in [0.05, 0.1) is 0 Å². The van der Waals surface area contributed by atoms with Crippen LogP contribution in [-0.2, 0) is 0 Å². The number of halogens is 1. The van der Waals surface area contributed by atoms with Crippen molar-refractivity contribution in [1.29, 1.82) is 0 Å². The summed E-state index contributed by atoms with van der Waals surface area (Å²) in [5.74, 6) is 0.297. The number of aromatic hydroxyl groups is 1. The SMILES string of the molecule is Cc1cc(Cl)ccc1NC(=S)N1CCN(c2cccc(O)c2)CC1. The van der Waals surface area contributed by atoms with Gasteiger partial charge in [-0.3, -0.25) is 0 Å². The summed E-state index contributed by atoms with van der Waals surface area (Å²) in [6, 6.07) is 13.1. The van der Waals surface area contributed by atoms with Crippen molar-refractivity contribution in [2.45, 2.75) is 6.92 Å². The van der Waals surface area contributed by atoms with Gasteiger partial charge in [-0.2, -0.15) is 0 Å². The van der Waals surface area contributed by atoms with Gasteiger partial charge in [0, 0.05) is 48.6 Å². The van der Waals surface area contributed by atoms with Gasteiger partial charge in [-0.05, 0) is 55.0 Å². The number of anilines is 2. The van der Waals surface area contributed by atoms with E-state index in [9.17, 15) is 5.11 Å². The zero-order valence-electron chi connectivity index (χ0n) is 13.5. The average Bonchev–Trinajstić information content (AvgIpc) is 2.57. The van der Waals surface area contributed by atoms with E-state index >= 15 is 0 Å². The molecule has 0 unspecified atom stereocenters. The molecule has 0 saturated carbocycles. The van der Waals surface area contributed by atoms with Crippen LogP contribution in [0.25, 0.3) is 0 Å². The van der Waals surface area contributed by atoms with Crippen molar-refractivity contribution in [3.05, 3.63) is 53.1 Å². The highest BCUT2D eigenvalue weighted by Gasteiger charge is 2.19. The number of rotatable bonds is 2. The van der Waals surface area contributed by atoms with Crippen LogP contribution in [0.2, 0.25) is 5.02 Å². The van der Waals surface area contributed by atoms with Gasteiger partial charge >= 0.3 is 0 Å². The molecule has 6 heteroatoms. The smallest absolute Gasteiger partial charge is 0.173 e. The largest absolute Gasteiger partial charge is 0.508 e. The van der Waals surface area contributed by atoms with Gasteiger partial charge in [0.1, 0.15) is 5.75 Å². The van der Waals surface area contributed by atoms with Crippen LogP contribution < -0.4 is 10.2 Å². The number of hydrogen-bond donors (Lipinski definition) is 2. The molecule has 2 aromatic rings. The van der Waals surface area contributed by atoms with Gasteiger partial charge in [-0.15, -0.1) is 0 Å². The number of aryl methyl sites for hydroxylation is 1. The van der Waals surface area contributed by atoms with E-state index in [2.05, 4.69) is 15.1 Å². The van der Waals surface area contributed by atoms with E-state index in [1.807, 2.05) is 37.3 Å². The summed E-state index contributed by atoms with van der Waals surface area (Å²) in [5, 5.41) is 14.4. The summed E-state index contributed by atoms with van der Waals surface area (Å²) in [7, 11) is 0. The Kier molecular flexibility index (Phi) is 5.11. The highest BCUT2D eigenvalue weighted by Crippen LogP contribution is 2.23. The van der Waals surface area contributed by atoms with Crippen LogP contribution in [0.4, 0.5) is 11.4 Å². The lowest BCUT2D eigenvalue weighted by Crippen LogP contribution is -2.50. The molecule has 0 atom stereocenters. The molecule has 2 aromatic carbocycles. The Morgan fingerprint density at radius 3 is 2.54 bits per heavy atom. The Morgan fingerprint density at radius 1 is 1.12 bits per heavy atom. The molecule has 0 aliphatic carbocycles. The standard InChI is InChI=1S/C18H20ClN3OS/c1-13-11-14(19)5-6-17(13)20-18(24)22-9-7-21(8-10-22)15-3-2-4-16(23)12-15/h2-6,11-12,23H,7-10H2,1H3,(H,20,24). The fourth-order valence-electron chi connectivity index (χ4n) is 2.82. The first kappa shape index (κ1) is 16.9. The maximum Gasteiger partial charge on any atom is 0.173 e. The van der Waals surface area contributed by atoms with E-state index in [0.717, 1.165) is 53.3 Å². The minimum atomic E-state index is 0.297. The van der Waals surface area contributed by atoms with E-state index in [4.69, 9.17) is 23.8 Å². The first-order chi connectivity index (χ1) is 11.5. The van der Waals surface area contributed by atoms with Crippen molar-refractivity contribution in [3.63, 3.8) is 0 Å². The molecule has 1 aliphatic rings. The molecule has 1 heterocycles. The second kappa shape index (κ2) is 7.28. The van der Waals surface area contributed by atoms with Gasteiger partial charge in [-0.1, -0.05) is 17.7 Å². The molecule has 1 fully saturated rings. The molecule has 2 N–H and O–H groups in total. The topological polar surface area (TPSA) is 38.7 Å². The lowest BCUT2D eigenvalue weighted by Gasteiger charge is -2.37. The Hall–Kier alpha value is -1.98. The van der Waals surface area contributed by atoms with E-state index in [-0.39, 0.29) is 0 Å². The predicted octanol–water partition coefficient (Wildman–Crippen LogP) is 3.87. The van der Waals surface area contributed by atoms with Gasteiger partial charge < -0.3 is 20.2 Å². The third-order valence-corrected chi connectivity index (χ3v) is 4.79. The quantitative estimate of drug-likeness (QED) is 0.794. The number of benzene rings is 2. The van der Waals surface area contributed by atoms with E-state index < -0.39 is 0 Å². The van der Waals surface area contributed by atoms with Crippen LogP contribution >= 0.6 is 23.8 Å². The summed E-state index contributed by atoms with van der Waals surface area (Å²) < 4.78 is 0. The van der Waals surface area contributed by atoms with Gasteiger partial charge in [0.2, 0.25) is 0 Å². The van der Waals surface area contributed by atoms with E-state index in [1.54, 1.807) is 12.1 Å². The van der Waals surface area contributed by atoms with Crippen molar-refractivity contribution < 1.29 is 5.11 Å². The highest BCUT2D eigenvalue weighted by atomic mass is 35.5. The van der Waals surface area contributed by atoms with Crippen molar-refractivity contribution in [1.82, 2.24) is 4.90 Å². The normalized spacial score (nSPS) is 14.6. The molecule has 0 radical (unpaired) electrons. The second-order valence-electron chi connectivity index (χ2n) is 5.88. The first-order valence-electron chi connectivity index (χ1n) is 7.89. The lowest BCUT2D eigenvalue weighted by atomic mass is 10.2. The molecular weight excluding hydrogens is 342 g/mol. The average molecular weight is 362 g/mol. The number of nitrogens with one attached hydrogen (secondary N) is 1. The molecule has 0 spiro atoms. The molecule has 0 aromatic heterocycles. The van der Waals surface area contributed by atoms with E-state index in [1.165, 1.54) is 0 Å². The summed E-state index contributed by atoms with van der Waals surface area (Å²) in [4.78, 5) is 4.43. The number of phenols is 1. The zero-order chi connectivity index (χ0) is 17.1. The maximum absolute atomic E-state index is 9.62. The van der Waals surface area contributed by atoms with Crippen LogP contribution in [-0.4, -0.2) is 41.3 Å². The number of nitrogens with zero attached hydrogens (tertiary/aromatic N) is 2. The van der Waals surface area contributed by atoms with E-state index in [0.29, 0.717) is 5.75 Å². The molecule has 0 amide bonds. The highest BCUT2D eigenvalue weighted by molar-refractivity contribution is 7.80. The Bertz CT molecular complexity index is 745. The van der Waals surface area contributed by atoms with Gasteiger partial charge in [0.25, 0.3) is 0 Å². The molecule has 126 valence electrons. The Labute approximate surface area is 152 Å². The zero-order valence-corrected chi connectivity index (χ0v) is 15.1. The van der Waals surface area contributed by atoms with Crippen molar-refractivity contribution in [3.8, 4) is 5.75 Å². The number of hydrogen-bond acceptors (Lipinski definition) is 3. The van der Waals surface area contributed by atoms with Crippen molar-refractivity contribution >= 4 is 40.3 Å². The van der Waals surface area contributed by atoms with Crippen molar-refractivity contribution in [2.24, 2.45) is 0 Å². The monoisotopic (exact) mass is 361 g/mol. The maximum atomic E-state index is 9.62. The number of thiocarbonyl (C=S) groups is 1. The molecule has 1 saturated heterocycles. The summed E-state index contributed by atoms with van der Waals surface area (Å²) in [5.41, 5.74) is 3.10. The minimum Gasteiger partial charge on any atom is -0.508 e. The summed E-state index contributed by atoms with van der Waals surface area (Å²) in [6.45, 7) is 5.43. The molecule has 4 nitrogen and oxygen atoms in total. The predicted molar refractivity (Wildman–Crippen MR) is 104 cm³/mol. The molecule has 24 heavy (non-hydrogen) atoms. The van der Waals surface area contributed by atoms with Gasteiger partial charge in [0.15, 0.2) is 5.11 Å². The number of phenolic OH excluding ortho intramolecular Hbond substituents is 1. The fraction of sp³-hybridized carbons (Fsp3) is 0.278. The second-order valence-corrected chi connectivity index (χ2v) is 6.71. The van der Waals surface area contributed by atoms with Crippen LogP contribution in [0.3, 0.4) is 0 Å². The summed E-state index contributed by atoms with van der Waals surface area (Å²) in [6.07, 6.45) is 0. The Morgan fingerprint density at radius 2 is 1.88 bits per heavy atom. The molecular formula is C18H20ClN3OS. The van der Waals surface area contributed by atoms with Crippen LogP contribution in [0.1, 0.15) is 5.56 Å². The van der Waals surface area contributed by atoms with Crippen LogP contribution in [0.5, 0.6) is 5.75 Å². The fourth-order valence-corrected chi connectivity index (χ4v) is 3.34. The van der Waals surface area contributed by atoms with Gasteiger partial charge in [-0.25, -0.2) is 0 Å². The number of piperazine rings is 1. The van der Waals surface area contributed by atoms with Crippen LogP contribution in [0.15, 0.2) is 42.5 Å². The third kappa shape index (κ3) is 3.91. The minimum absolute atomic E-state index is 0.297. The molecule has 3 rings (SSSR count). The molecule has 0 bridgehead atoms. The summed E-state index contributed by atoms with van der Waals surface area (Å²) >= 11 is 11.5.